The number of nitrogens with zero attached hydrogens (tertiary/aromatic N) is 3. The fourth-order valence-corrected chi connectivity index (χ4v) is 2.82. The van der Waals surface area contributed by atoms with Gasteiger partial charge in [-0.1, -0.05) is 0 Å². The van der Waals surface area contributed by atoms with Crippen LogP contribution in [0.2, 0.25) is 0 Å². The third-order valence-electron chi connectivity index (χ3n) is 3.85. The van der Waals surface area contributed by atoms with Crippen molar-refractivity contribution in [3.8, 4) is 0 Å². The van der Waals surface area contributed by atoms with Gasteiger partial charge in [-0.05, 0) is 35.9 Å². The molecule has 100 valence electrons. The van der Waals surface area contributed by atoms with Crippen LogP contribution in [0.15, 0.2) is 42.7 Å². The summed E-state index contributed by atoms with van der Waals surface area (Å²) in [7, 11) is 0. The minimum absolute atomic E-state index is 0.414. The fraction of sp³-hybridized carbons (Fsp3) is 0.200. The summed E-state index contributed by atoms with van der Waals surface area (Å²) in [5.74, 6) is 1.50. The van der Waals surface area contributed by atoms with Crippen LogP contribution in [0.4, 0.5) is 11.5 Å². The van der Waals surface area contributed by atoms with Gasteiger partial charge in [0.25, 0.3) is 0 Å². The highest BCUT2D eigenvalue weighted by Crippen LogP contribution is 2.31. The summed E-state index contributed by atoms with van der Waals surface area (Å²) in [5.41, 5.74) is 8.81. The second-order valence-electron chi connectivity index (χ2n) is 5.17. The van der Waals surface area contributed by atoms with Crippen molar-refractivity contribution < 1.29 is 0 Å². The van der Waals surface area contributed by atoms with E-state index in [9.17, 15) is 0 Å². The maximum atomic E-state index is 5.82. The van der Waals surface area contributed by atoms with E-state index < -0.39 is 0 Å². The van der Waals surface area contributed by atoms with E-state index in [1.807, 2.05) is 35.3 Å². The van der Waals surface area contributed by atoms with E-state index in [4.69, 9.17) is 5.73 Å². The van der Waals surface area contributed by atoms with Crippen LogP contribution in [0.1, 0.15) is 11.5 Å². The van der Waals surface area contributed by atoms with E-state index in [2.05, 4.69) is 27.5 Å². The standard InChI is InChI=1S/C15H15N5/c16-12-1-2-13-14(7-12)19-20-9-11(8-18-15(13)20)10-3-5-17-6-4-10/h1-7,11,18H,8-9,16H2. The molecule has 0 spiro atoms. The first-order valence-electron chi connectivity index (χ1n) is 6.71. The number of benzene rings is 1. The van der Waals surface area contributed by atoms with Crippen LogP contribution < -0.4 is 11.1 Å². The van der Waals surface area contributed by atoms with Gasteiger partial charge in [0.05, 0.1) is 12.1 Å². The van der Waals surface area contributed by atoms with Crippen LogP contribution in [0, 0.1) is 0 Å². The molecular weight excluding hydrogens is 250 g/mol. The summed E-state index contributed by atoms with van der Waals surface area (Å²) >= 11 is 0. The zero-order chi connectivity index (χ0) is 13.5. The number of hydrogen-bond donors (Lipinski definition) is 2. The molecule has 0 aliphatic carbocycles. The SMILES string of the molecule is Nc1ccc2c3n(nc2c1)CC(c1ccncc1)CN3. The second-order valence-corrected chi connectivity index (χ2v) is 5.17. The van der Waals surface area contributed by atoms with Gasteiger partial charge >= 0.3 is 0 Å². The van der Waals surface area contributed by atoms with E-state index >= 15 is 0 Å². The molecule has 3 heterocycles. The molecule has 0 saturated heterocycles. The molecule has 1 atom stereocenters. The minimum Gasteiger partial charge on any atom is -0.399 e. The molecule has 5 nitrogen and oxygen atoms in total. The molecule has 1 aliphatic rings. The lowest BCUT2D eigenvalue weighted by Crippen LogP contribution is -2.26. The predicted octanol–water partition coefficient (Wildman–Crippen LogP) is 2.22. The van der Waals surface area contributed by atoms with Crippen molar-refractivity contribution >= 4 is 22.4 Å². The molecule has 0 radical (unpaired) electrons. The highest BCUT2D eigenvalue weighted by molar-refractivity contribution is 5.92. The molecule has 4 rings (SSSR count). The molecule has 3 aromatic rings. The summed E-state index contributed by atoms with van der Waals surface area (Å²) in [6, 6.07) is 10.0. The van der Waals surface area contributed by atoms with E-state index in [1.54, 1.807) is 0 Å². The van der Waals surface area contributed by atoms with Gasteiger partial charge in [0.1, 0.15) is 5.82 Å². The first-order valence-corrected chi connectivity index (χ1v) is 6.71. The summed E-state index contributed by atoms with van der Waals surface area (Å²) in [5, 5.41) is 9.27. The topological polar surface area (TPSA) is 68.8 Å². The zero-order valence-corrected chi connectivity index (χ0v) is 11.0. The molecule has 20 heavy (non-hydrogen) atoms. The minimum atomic E-state index is 0.414. The van der Waals surface area contributed by atoms with E-state index in [0.717, 1.165) is 35.5 Å². The molecule has 1 unspecified atom stereocenters. The number of pyridine rings is 1. The zero-order valence-electron chi connectivity index (χ0n) is 11.0. The van der Waals surface area contributed by atoms with Crippen molar-refractivity contribution in [1.82, 2.24) is 14.8 Å². The Labute approximate surface area is 116 Å². The molecule has 1 aliphatic heterocycles. The molecule has 5 heteroatoms. The van der Waals surface area contributed by atoms with Gasteiger partial charge in [0.2, 0.25) is 0 Å². The molecule has 0 amide bonds. The third-order valence-corrected chi connectivity index (χ3v) is 3.85. The number of fused-ring (bicyclic) bond motifs is 3. The predicted molar refractivity (Wildman–Crippen MR) is 79.6 cm³/mol. The largest absolute Gasteiger partial charge is 0.399 e. The lowest BCUT2D eigenvalue weighted by atomic mass is 9.99. The summed E-state index contributed by atoms with van der Waals surface area (Å²) < 4.78 is 2.04. The van der Waals surface area contributed by atoms with E-state index in [1.165, 1.54) is 5.56 Å². The molecule has 0 saturated carbocycles. The monoisotopic (exact) mass is 265 g/mol. The lowest BCUT2D eigenvalue weighted by Gasteiger charge is -2.25. The Kier molecular flexibility index (Phi) is 2.39. The van der Waals surface area contributed by atoms with Crippen LogP contribution in [0.3, 0.4) is 0 Å². The Morgan fingerprint density at radius 1 is 1.20 bits per heavy atom. The van der Waals surface area contributed by atoms with Crippen molar-refractivity contribution in [2.75, 3.05) is 17.6 Å². The van der Waals surface area contributed by atoms with Crippen molar-refractivity contribution in [3.05, 3.63) is 48.3 Å². The van der Waals surface area contributed by atoms with Crippen molar-refractivity contribution in [3.63, 3.8) is 0 Å². The van der Waals surface area contributed by atoms with Gasteiger partial charge < -0.3 is 11.1 Å². The van der Waals surface area contributed by atoms with Crippen molar-refractivity contribution in [1.29, 1.82) is 0 Å². The summed E-state index contributed by atoms with van der Waals surface area (Å²) in [4.78, 5) is 4.07. The maximum absolute atomic E-state index is 5.82. The quantitative estimate of drug-likeness (QED) is 0.662. The Morgan fingerprint density at radius 3 is 2.90 bits per heavy atom. The molecule has 2 aromatic heterocycles. The molecule has 0 fully saturated rings. The van der Waals surface area contributed by atoms with Crippen LogP contribution in [0.25, 0.3) is 10.9 Å². The van der Waals surface area contributed by atoms with Gasteiger partial charge in [0, 0.05) is 35.9 Å². The lowest BCUT2D eigenvalue weighted by molar-refractivity contribution is 0.509. The van der Waals surface area contributed by atoms with E-state index in [-0.39, 0.29) is 0 Å². The normalized spacial score (nSPS) is 17.7. The molecular formula is C15H15N5. The first-order chi connectivity index (χ1) is 9.81. The fourth-order valence-electron chi connectivity index (χ4n) is 2.82. The Bertz CT molecular complexity index is 763. The number of anilines is 2. The third kappa shape index (κ3) is 1.71. The van der Waals surface area contributed by atoms with Crippen LogP contribution in [-0.4, -0.2) is 21.3 Å². The van der Waals surface area contributed by atoms with E-state index in [0.29, 0.717) is 5.92 Å². The maximum Gasteiger partial charge on any atom is 0.132 e. The number of rotatable bonds is 1. The first kappa shape index (κ1) is 11.3. The Hall–Kier alpha value is -2.56. The van der Waals surface area contributed by atoms with Crippen molar-refractivity contribution in [2.45, 2.75) is 12.5 Å². The highest BCUT2D eigenvalue weighted by atomic mass is 15.3. The molecule has 0 bridgehead atoms. The van der Waals surface area contributed by atoms with Gasteiger partial charge in [-0.3, -0.25) is 4.98 Å². The number of nitrogens with one attached hydrogen (secondary N) is 1. The number of aromatic nitrogens is 3. The van der Waals surface area contributed by atoms with Crippen LogP contribution in [0.5, 0.6) is 0 Å². The van der Waals surface area contributed by atoms with Crippen molar-refractivity contribution in [2.24, 2.45) is 0 Å². The number of nitrogen functional groups attached to an aromatic ring is 1. The second kappa shape index (κ2) is 4.23. The highest BCUT2D eigenvalue weighted by Gasteiger charge is 2.22. The summed E-state index contributed by atoms with van der Waals surface area (Å²) in [6.07, 6.45) is 3.68. The van der Waals surface area contributed by atoms with Crippen LogP contribution >= 0.6 is 0 Å². The van der Waals surface area contributed by atoms with Gasteiger partial charge in [0.15, 0.2) is 0 Å². The average Bonchev–Trinajstić information content (AvgIpc) is 2.84. The Balaban J connectivity index is 1.75. The Morgan fingerprint density at radius 2 is 2.05 bits per heavy atom. The number of nitrogens with two attached hydrogens (primary N) is 1. The molecule has 1 aromatic carbocycles. The van der Waals surface area contributed by atoms with Gasteiger partial charge in [-0.2, -0.15) is 5.10 Å². The van der Waals surface area contributed by atoms with Gasteiger partial charge in [-0.25, -0.2) is 4.68 Å². The number of hydrogen-bond acceptors (Lipinski definition) is 4. The van der Waals surface area contributed by atoms with Gasteiger partial charge in [-0.15, -0.1) is 0 Å². The molecule has 3 N–H and O–H groups in total. The van der Waals surface area contributed by atoms with Crippen LogP contribution in [-0.2, 0) is 6.54 Å². The average molecular weight is 265 g/mol. The summed E-state index contributed by atoms with van der Waals surface area (Å²) in [6.45, 7) is 1.79. The smallest absolute Gasteiger partial charge is 0.132 e.